The van der Waals surface area contributed by atoms with Gasteiger partial charge in [-0.05, 0) is 37.8 Å². The highest BCUT2D eigenvalue weighted by Crippen LogP contribution is 2.36. The Morgan fingerprint density at radius 3 is 2.61 bits per heavy atom. The van der Waals surface area contributed by atoms with Gasteiger partial charge in [0.05, 0.1) is 6.10 Å². The highest BCUT2D eigenvalue weighted by atomic mass is 16.7. The Balaban J connectivity index is 1.74. The summed E-state index contributed by atoms with van der Waals surface area (Å²) in [6.45, 7) is 0.318. The van der Waals surface area contributed by atoms with Crippen molar-refractivity contribution in [2.45, 2.75) is 37.8 Å². The molecule has 1 aromatic carbocycles. The summed E-state index contributed by atoms with van der Waals surface area (Å²) in [4.78, 5) is 2.29. The molecule has 0 radical (unpaired) electrons. The van der Waals surface area contributed by atoms with Crippen LogP contribution in [0.5, 0.6) is 11.5 Å². The number of aliphatic hydroxyl groups excluding tert-OH is 1. The highest BCUT2D eigenvalue weighted by molar-refractivity contribution is 5.57. The van der Waals surface area contributed by atoms with E-state index in [4.69, 9.17) is 9.47 Å². The topological polar surface area (TPSA) is 41.9 Å². The van der Waals surface area contributed by atoms with Crippen LogP contribution >= 0.6 is 0 Å². The zero-order valence-electron chi connectivity index (χ0n) is 10.6. The van der Waals surface area contributed by atoms with Crippen LogP contribution in [0.25, 0.3) is 0 Å². The van der Waals surface area contributed by atoms with Crippen molar-refractivity contribution in [3.05, 3.63) is 18.2 Å². The molecule has 0 atom stereocenters. The lowest BCUT2D eigenvalue weighted by molar-refractivity contribution is 0.122. The smallest absolute Gasteiger partial charge is 0.231 e. The van der Waals surface area contributed by atoms with E-state index in [1.807, 2.05) is 12.1 Å². The van der Waals surface area contributed by atoms with E-state index in [-0.39, 0.29) is 6.10 Å². The third-order valence-corrected chi connectivity index (χ3v) is 3.98. The predicted molar refractivity (Wildman–Crippen MR) is 69.2 cm³/mol. The number of anilines is 1. The lowest BCUT2D eigenvalue weighted by Gasteiger charge is -2.34. The monoisotopic (exact) mass is 249 g/mol. The van der Waals surface area contributed by atoms with Crippen LogP contribution in [0, 0.1) is 0 Å². The van der Waals surface area contributed by atoms with Crippen molar-refractivity contribution in [3.63, 3.8) is 0 Å². The molecule has 0 spiro atoms. The largest absolute Gasteiger partial charge is 0.454 e. The van der Waals surface area contributed by atoms with Crippen molar-refractivity contribution < 1.29 is 14.6 Å². The summed E-state index contributed by atoms with van der Waals surface area (Å²) in [6.07, 6.45) is 3.79. The number of ether oxygens (including phenoxy) is 2. The number of hydrogen-bond acceptors (Lipinski definition) is 4. The lowest BCUT2D eigenvalue weighted by Crippen LogP contribution is -2.36. The van der Waals surface area contributed by atoms with Gasteiger partial charge in [0.25, 0.3) is 0 Å². The average Bonchev–Trinajstić information content (AvgIpc) is 2.86. The molecule has 3 rings (SSSR count). The second kappa shape index (κ2) is 4.69. The Morgan fingerprint density at radius 2 is 1.83 bits per heavy atom. The van der Waals surface area contributed by atoms with E-state index < -0.39 is 0 Å². The molecule has 2 aliphatic rings. The number of aliphatic hydroxyl groups is 1. The van der Waals surface area contributed by atoms with Crippen molar-refractivity contribution in [1.82, 2.24) is 0 Å². The molecular formula is C14H19NO3. The van der Waals surface area contributed by atoms with Gasteiger partial charge in [0.15, 0.2) is 11.5 Å². The first-order chi connectivity index (χ1) is 8.74. The van der Waals surface area contributed by atoms with E-state index in [2.05, 4.69) is 18.0 Å². The number of benzene rings is 1. The van der Waals surface area contributed by atoms with Gasteiger partial charge in [0.2, 0.25) is 6.79 Å². The van der Waals surface area contributed by atoms with E-state index in [0.717, 1.165) is 42.9 Å². The van der Waals surface area contributed by atoms with Crippen molar-refractivity contribution in [2.24, 2.45) is 0 Å². The minimum Gasteiger partial charge on any atom is -0.454 e. The lowest BCUT2D eigenvalue weighted by atomic mass is 9.92. The van der Waals surface area contributed by atoms with Crippen LogP contribution in [0.1, 0.15) is 25.7 Å². The van der Waals surface area contributed by atoms with Crippen LogP contribution in [-0.4, -0.2) is 31.1 Å². The van der Waals surface area contributed by atoms with Crippen LogP contribution in [0.3, 0.4) is 0 Å². The van der Waals surface area contributed by atoms with E-state index in [1.54, 1.807) is 0 Å². The molecule has 1 fully saturated rings. The van der Waals surface area contributed by atoms with E-state index in [0.29, 0.717) is 12.8 Å². The first-order valence-corrected chi connectivity index (χ1v) is 6.54. The van der Waals surface area contributed by atoms with Gasteiger partial charge in [0.1, 0.15) is 0 Å². The van der Waals surface area contributed by atoms with Gasteiger partial charge in [-0.25, -0.2) is 0 Å². The summed E-state index contributed by atoms with van der Waals surface area (Å²) in [7, 11) is 2.11. The number of nitrogens with zero attached hydrogens (tertiary/aromatic N) is 1. The zero-order chi connectivity index (χ0) is 12.5. The zero-order valence-corrected chi connectivity index (χ0v) is 10.6. The highest BCUT2D eigenvalue weighted by Gasteiger charge is 2.24. The standard InChI is InChI=1S/C14H19NO3/c1-15(10-2-5-12(16)6-3-10)11-4-7-13-14(8-11)18-9-17-13/h4,7-8,10,12,16H,2-3,5-6,9H2,1H3. The van der Waals surface area contributed by atoms with Gasteiger partial charge in [0, 0.05) is 24.8 Å². The van der Waals surface area contributed by atoms with E-state index in [1.165, 1.54) is 0 Å². The number of hydrogen-bond donors (Lipinski definition) is 1. The van der Waals surface area contributed by atoms with Crippen LogP contribution in [-0.2, 0) is 0 Å². The molecule has 0 amide bonds. The molecule has 1 aliphatic heterocycles. The first-order valence-electron chi connectivity index (χ1n) is 6.54. The van der Waals surface area contributed by atoms with Crippen LogP contribution in [0.15, 0.2) is 18.2 Å². The third-order valence-electron chi connectivity index (χ3n) is 3.98. The maximum absolute atomic E-state index is 9.55. The summed E-state index contributed by atoms with van der Waals surface area (Å²) in [5, 5.41) is 9.55. The molecule has 1 heterocycles. The van der Waals surface area contributed by atoms with Gasteiger partial charge in [-0.15, -0.1) is 0 Å². The van der Waals surface area contributed by atoms with Crippen LogP contribution in [0.4, 0.5) is 5.69 Å². The number of fused-ring (bicyclic) bond motifs is 1. The normalized spacial score (nSPS) is 26.1. The molecule has 98 valence electrons. The Morgan fingerprint density at radius 1 is 1.11 bits per heavy atom. The Bertz CT molecular complexity index is 427. The molecule has 1 aliphatic carbocycles. The van der Waals surface area contributed by atoms with Crippen molar-refractivity contribution in [3.8, 4) is 11.5 Å². The summed E-state index contributed by atoms with van der Waals surface area (Å²) < 4.78 is 10.7. The summed E-state index contributed by atoms with van der Waals surface area (Å²) in [5.74, 6) is 1.65. The Kier molecular flexibility index (Phi) is 3.04. The quantitative estimate of drug-likeness (QED) is 0.872. The van der Waals surface area contributed by atoms with Crippen molar-refractivity contribution in [1.29, 1.82) is 0 Å². The Labute approximate surface area is 107 Å². The Hall–Kier alpha value is -1.42. The average molecular weight is 249 g/mol. The molecule has 0 saturated heterocycles. The fraction of sp³-hybridized carbons (Fsp3) is 0.571. The maximum atomic E-state index is 9.55. The summed E-state index contributed by atoms with van der Waals surface area (Å²) >= 11 is 0. The molecule has 0 aromatic heterocycles. The van der Waals surface area contributed by atoms with E-state index >= 15 is 0 Å². The summed E-state index contributed by atoms with van der Waals surface area (Å²) in [5.41, 5.74) is 1.15. The third kappa shape index (κ3) is 2.12. The second-order valence-electron chi connectivity index (χ2n) is 5.11. The molecule has 0 bridgehead atoms. The molecule has 4 heteroatoms. The fourth-order valence-electron chi connectivity index (χ4n) is 2.76. The molecule has 18 heavy (non-hydrogen) atoms. The van der Waals surface area contributed by atoms with Crippen molar-refractivity contribution >= 4 is 5.69 Å². The molecule has 1 N–H and O–H groups in total. The molecular weight excluding hydrogens is 230 g/mol. The fourth-order valence-corrected chi connectivity index (χ4v) is 2.76. The minimum atomic E-state index is -0.105. The molecule has 4 nitrogen and oxygen atoms in total. The van der Waals surface area contributed by atoms with Gasteiger partial charge in [-0.2, -0.15) is 0 Å². The maximum Gasteiger partial charge on any atom is 0.231 e. The molecule has 1 aromatic rings. The van der Waals surface area contributed by atoms with Gasteiger partial charge >= 0.3 is 0 Å². The predicted octanol–water partition coefficient (Wildman–Crippen LogP) is 2.15. The van der Waals surface area contributed by atoms with Gasteiger partial charge < -0.3 is 19.5 Å². The minimum absolute atomic E-state index is 0.105. The molecule has 0 unspecified atom stereocenters. The van der Waals surface area contributed by atoms with Gasteiger partial charge in [-0.1, -0.05) is 0 Å². The van der Waals surface area contributed by atoms with Gasteiger partial charge in [-0.3, -0.25) is 0 Å². The number of rotatable bonds is 2. The first kappa shape index (κ1) is 11.7. The van der Waals surface area contributed by atoms with E-state index in [9.17, 15) is 5.11 Å². The van der Waals surface area contributed by atoms with Crippen LogP contribution in [0.2, 0.25) is 0 Å². The van der Waals surface area contributed by atoms with Crippen molar-refractivity contribution in [2.75, 3.05) is 18.7 Å². The summed E-state index contributed by atoms with van der Waals surface area (Å²) in [6, 6.07) is 6.58. The SMILES string of the molecule is CN(c1ccc2c(c1)OCO2)C1CCC(O)CC1. The second-order valence-corrected chi connectivity index (χ2v) is 5.11. The van der Waals surface area contributed by atoms with Crippen LogP contribution < -0.4 is 14.4 Å². The molecule has 1 saturated carbocycles.